The van der Waals surface area contributed by atoms with Crippen LogP contribution in [-0.2, 0) is 36.9 Å². The highest BCUT2D eigenvalue weighted by Crippen LogP contribution is 2.37. The maximum absolute atomic E-state index is 13.1. The fourth-order valence-corrected chi connectivity index (χ4v) is 4.47. The number of carbonyl (C=O) groups excluding carboxylic acids is 1. The first-order valence-corrected chi connectivity index (χ1v) is 14.0. The monoisotopic (exact) mass is 636 g/mol. The van der Waals surface area contributed by atoms with Crippen LogP contribution >= 0.6 is 11.6 Å². The van der Waals surface area contributed by atoms with Gasteiger partial charge in [0.15, 0.2) is 0 Å². The number of hydrogen-bond acceptors (Lipinski definition) is 12. The Kier molecular flexibility index (Phi) is 12.7. The van der Waals surface area contributed by atoms with Crippen molar-refractivity contribution in [3.63, 3.8) is 0 Å². The van der Waals surface area contributed by atoms with Crippen LogP contribution in [0.25, 0.3) is 20.9 Å². The van der Waals surface area contributed by atoms with Gasteiger partial charge in [-0.15, -0.1) is 5.10 Å². The number of ether oxygens (including phenoxy) is 4. The maximum atomic E-state index is 13.1. The van der Waals surface area contributed by atoms with E-state index in [1.54, 1.807) is 47.5 Å². The van der Waals surface area contributed by atoms with E-state index in [1.165, 1.54) is 13.2 Å². The average molecular weight is 637 g/mol. The molecule has 1 aliphatic heterocycles. The molecule has 1 unspecified atom stereocenters. The summed E-state index contributed by atoms with van der Waals surface area (Å²) in [6.45, 7) is 2.34. The Balaban J connectivity index is 1.44. The van der Waals surface area contributed by atoms with Gasteiger partial charge in [-0.2, -0.15) is 0 Å². The van der Waals surface area contributed by atoms with Gasteiger partial charge in [-0.3, -0.25) is 9.98 Å². The van der Waals surface area contributed by atoms with E-state index in [-0.39, 0.29) is 30.4 Å². The third-order valence-electron chi connectivity index (χ3n) is 6.24. The summed E-state index contributed by atoms with van der Waals surface area (Å²) < 4.78 is 23.5. The molecule has 0 saturated heterocycles. The highest BCUT2D eigenvalue weighted by molar-refractivity contribution is 6.31. The number of amidine groups is 1. The van der Waals surface area contributed by atoms with Crippen molar-refractivity contribution >= 4 is 29.1 Å². The zero-order valence-electron chi connectivity index (χ0n) is 24.2. The second kappa shape index (κ2) is 17.3. The van der Waals surface area contributed by atoms with Gasteiger partial charge >= 0.3 is 5.97 Å². The zero-order chi connectivity index (χ0) is 31.9. The summed E-state index contributed by atoms with van der Waals surface area (Å²) in [6, 6.07) is 7.44. The number of carbonyl (C=O) groups is 1. The predicted molar refractivity (Wildman–Crippen MR) is 161 cm³/mol. The maximum Gasteiger partial charge on any atom is 0.338 e. The quantitative estimate of drug-likeness (QED) is 0.0730. The molecule has 0 radical (unpaired) electrons. The van der Waals surface area contributed by atoms with E-state index in [2.05, 4.69) is 40.7 Å². The summed E-state index contributed by atoms with van der Waals surface area (Å²) in [5.41, 5.74) is 19.8. The molecule has 17 nitrogen and oxygen atoms in total. The molecule has 3 aromatic rings. The van der Waals surface area contributed by atoms with E-state index < -0.39 is 12.0 Å². The molecule has 0 bridgehead atoms. The molecular formula is C27H29ClN12O5. The number of halogens is 1. The Morgan fingerprint density at radius 2 is 1.87 bits per heavy atom. The van der Waals surface area contributed by atoms with Crippen molar-refractivity contribution < 1.29 is 23.7 Å². The molecule has 1 N–H and O–H groups in total. The predicted octanol–water partition coefficient (Wildman–Crippen LogP) is 4.35. The molecule has 0 amide bonds. The van der Waals surface area contributed by atoms with Gasteiger partial charge in [0.05, 0.1) is 70.8 Å². The molecule has 18 heteroatoms. The molecule has 0 saturated carbocycles. The largest absolute Gasteiger partial charge is 0.466 e. The number of methoxy groups -OCH3 is 1. The van der Waals surface area contributed by atoms with Crippen molar-refractivity contribution in [1.29, 1.82) is 0 Å². The van der Waals surface area contributed by atoms with Crippen molar-refractivity contribution in [3.05, 3.63) is 103 Å². The standard InChI is InChI=1S/C27H29ClN12O5/c1-42-27(41)24-23(17-45-16-20-15-40(39-36-20)9-11-44-13-12-43-10-8-32-37-29)33-26(18-4-6-31-7-5-18)34-25(24)21-3-2-19(35-38-30)14-22(21)28/h2-7,14-15,25H,8-13,16-17H2,1H3,(H,33,34). The van der Waals surface area contributed by atoms with E-state index in [0.717, 1.165) is 5.56 Å². The summed E-state index contributed by atoms with van der Waals surface area (Å²) in [4.78, 5) is 27.4. The van der Waals surface area contributed by atoms with Gasteiger partial charge in [0.2, 0.25) is 0 Å². The lowest BCUT2D eigenvalue weighted by Gasteiger charge is -2.28. The van der Waals surface area contributed by atoms with Gasteiger partial charge in [0.1, 0.15) is 17.6 Å². The van der Waals surface area contributed by atoms with E-state index in [9.17, 15) is 4.79 Å². The highest BCUT2D eigenvalue weighted by Gasteiger charge is 2.33. The van der Waals surface area contributed by atoms with Crippen LogP contribution in [0.4, 0.5) is 5.69 Å². The lowest BCUT2D eigenvalue weighted by molar-refractivity contribution is -0.136. The number of aliphatic imine (C=N–C) groups is 1. The van der Waals surface area contributed by atoms with Gasteiger partial charge in [-0.1, -0.05) is 39.2 Å². The van der Waals surface area contributed by atoms with E-state index in [4.69, 9.17) is 46.6 Å². The molecule has 1 aromatic carbocycles. The van der Waals surface area contributed by atoms with Crippen LogP contribution in [0.2, 0.25) is 5.02 Å². The first kappa shape index (κ1) is 32.9. The molecule has 234 valence electrons. The van der Waals surface area contributed by atoms with Crippen LogP contribution in [0, 0.1) is 0 Å². The average Bonchev–Trinajstić information content (AvgIpc) is 3.51. The third-order valence-corrected chi connectivity index (χ3v) is 6.57. The fraction of sp³-hybridized carbons (Fsp3) is 0.370. The number of nitrogens with zero attached hydrogens (tertiary/aromatic N) is 11. The van der Waals surface area contributed by atoms with Gasteiger partial charge in [-0.25, -0.2) is 9.48 Å². The second-order valence-corrected chi connectivity index (χ2v) is 9.57. The summed E-state index contributed by atoms with van der Waals surface area (Å²) in [5.74, 6) is -0.151. The summed E-state index contributed by atoms with van der Waals surface area (Å²) >= 11 is 6.59. The number of nitrogens with one attached hydrogen (secondary N) is 1. The molecular weight excluding hydrogens is 608 g/mol. The minimum atomic E-state index is -0.856. The lowest BCUT2D eigenvalue weighted by atomic mass is 9.95. The fourth-order valence-electron chi connectivity index (χ4n) is 4.19. The molecule has 0 spiro atoms. The minimum Gasteiger partial charge on any atom is -0.466 e. The summed E-state index contributed by atoms with van der Waals surface area (Å²) in [6.07, 6.45) is 4.99. The van der Waals surface area contributed by atoms with E-state index in [1.807, 2.05) is 0 Å². The van der Waals surface area contributed by atoms with Gasteiger partial charge < -0.3 is 24.3 Å². The second-order valence-electron chi connectivity index (χ2n) is 9.17. The van der Waals surface area contributed by atoms with Crippen molar-refractivity contribution in [1.82, 2.24) is 25.3 Å². The van der Waals surface area contributed by atoms with Crippen molar-refractivity contribution in [2.24, 2.45) is 15.2 Å². The summed E-state index contributed by atoms with van der Waals surface area (Å²) in [7, 11) is 1.28. The topological polar surface area (TPSA) is 220 Å². The van der Waals surface area contributed by atoms with Gasteiger partial charge in [0.25, 0.3) is 0 Å². The Morgan fingerprint density at radius 3 is 2.60 bits per heavy atom. The molecule has 3 heterocycles. The number of aromatic nitrogens is 4. The minimum absolute atomic E-state index is 0.0187. The highest BCUT2D eigenvalue weighted by atomic mass is 35.5. The Labute approximate surface area is 262 Å². The molecule has 0 aliphatic carbocycles. The van der Waals surface area contributed by atoms with Gasteiger partial charge in [-0.05, 0) is 29.3 Å². The Morgan fingerprint density at radius 1 is 1.07 bits per heavy atom. The molecule has 1 atom stereocenters. The Bertz CT molecular complexity index is 1620. The SMILES string of the molecule is COC(=O)C1=C(COCc2cn(CCOCCOCCN=[N+]=[N-])nn2)NC(c2ccncc2)=NC1c1ccc(N=[N+]=[N-])cc1Cl. The number of benzene rings is 1. The molecule has 45 heavy (non-hydrogen) atoms. The van der Waals surface area contributed by atoms with E-state index >= 15 is 0 Å². The Hall–Kier alpha value is -5.02. The number of azide groups is 2. The lowest BCUT2D eigenvalue weighted by Crippen LogP contribution is -2.35. The first-order valence-electron chi connectivity index (χ1n) is 13.6. The number of rotatable bonds is 17. The van der Waals surface area contributed by atoms with Crippen molar-refractivity contribution in [3.8, 4) is 0 Å². The van der Waals surface area contributed by atoms with Gasteiger partial charge in [0, 0.05) is 50.6 Å². The molecule has 0 fully saturated rings. The van der Waals surface area contributed by atoms with Crippen molar-refractivity contribution in [2.75, 3.05) is 46.7 Å². The third kappa shape index (κ3) is 9.48. The molecule has 1 aliphatic rings. The normalized spacial score (nSPS) is 14.2. The number of pyridine rings is 1. The summed E-state index contributed by atoms with van der Waals surface area (Å²) in [5, 5.41) is 18.7. The smallest absolute Gasteiger partial charge is 0.338 e. The van der Waals surface area contributed by atoms with Crippen LogP contribution in [0.5, 0.6) is 0 Å². The van der Waals surface area contributed by atoms with E-state index in [0.29, 0.717) is 61.4 Å². The molecule has 2 aromatic heterocycles. The number of hydrogen-bond donors (Lipinski definition) is 1. The molecule has 4 rings (SSSR count). The van der Waals surface area contributed by atoms with Crippen LogP contribution in [-0.4, -0.2) is 78.5 Å². The van der Waals surface area contributed by atoms with Crippen LogP contribution in [0.3, 0.4) is 0 Å². The zero-order valence-corrected chi connectivity index (χ0v) is 24.9. The van der Waals surface area contributed by atoms with Crippen LogP contribution in [0.15, 0.2) is 75.4 Å². The van der Waals surface area contributed by atoms with Crippen molar-refractivity contribution in [2.45, 2.75) is 19.2 Å². The first-order chi connectivity index (χ1) is 22.0. The van der Waals surface area contributed by atoms with Crippen LogP contribution < -0.4 is 5.32 Å². The van der Waals surface area contributed by atoms with Crippen LogP contribution in [0.1, 0.15) is 22.9 Å². The number of esters is 1.